The number of nitrogens with one attached hydrogen (secondary N) is 1. The van der Waals surface area contributed by atoms with E-state index < -0.39 is 10.0 Å². The van der Waals surface area contributed by atoms with Crippen molar-refractivity contribution in [3.63, 3.8) is 0 Å². The molecule has 0 saturated heterocycles. The Morgan fingerprint density at radius 3 is 2.23 bits per heavy atom. The molecule has 3 nitrogen and oxygen atoms in total. The summed E-state index contributed by atoms with van der Waals surface area (Å²) < 4.78 is 24.9. The number of hydrogen-bond acceptors (Lipinski definition) is 2. The lowest BCUT2D eigenvalue weighted by atomic mass is 9.64. The van der Waals surface area contributed by atoms with Gasteiger partial charge in [-0.2, -0.15) is 0 Å². The lowest BCUT2D eigenvalue weighted by molar-refractivity contribution is 0.0901. The molecular weight excluding hydrogens is 186 g/mol. The van der Waals surface area contributed by atoms with Gasteiger partial charge in [0.05, 0.1) is 6.26 Å². The topological polar surface area (TPSA) is 46.2 Å². The highest BCUT2D eigenvalue weighted by Gasteiger charge is 2.48. The van der Waals surface area contributed by atoms with Crippen LogP contribution >= 0.6 is 0 Å². The van der Waals surface area contributed by atoms with E-state index in [0.717, 1.165) is 6.42 Å². The Morgan fingerprint density at radius 1 is 1.23 bits per heavy atom. The summed E-state index contributed by atoms with van der Waals surface area (Å²) in [6.07, 6.45) is 8.52. The summed E-state index contributed by atoms with van der Waals surface area (Å²) in [6, 6.07) is 0.241. The molecule has 0 aromatic rings. The molecule has 1 atom stereocenters. The van der Waals surface area contributed by atoms with Crippen molar-refractivity contribution in [3.05, 3.63) is 0 Å². The first-order valence-electron chi connectivity index (χ1n) is 4.99. The zero-order valence-electron chi connectivity index (χ0n) is 8.04. The van der Waals surface area contributed by atoms with Crippen LogP contribution in [0.25, 0.3) is 0 Å². The van der Waals surface area contributed by atoms with E-state index in [0.29, 0.717) is 5.41 Å². The smallest absolute Gasteiger partial charge is 0.208 e. The predicted octanol–water partition coefficient (Wildman–Crippen LogP) is 1.26. The van der Waals surface area contributed by atoms with Gasteiger partial charge in [-0.25, -0.2) is 13.1 Å². The highest BCUT2D eigenvalue weighted by Crippen LogP contribution is 2.53. The highest BCUT2D eigenvalue weighted by atomic mass is 32.2. The Bertz CT molecular complexity index is 291. The minimum atomic E-state index is -3.00. The Kier molecular flexibility index (Phi) is 2.15. The van der Waals surface area contributed by atoms with Gasteiger partial charge in [0.25, 0.3) is 0 Å². The molecule has 2 aliphatic rings. The molecule has 2 fully saturated rings. The maximum atomic E-state index is 11.1. The second kappa shape index (κ2) is 2.95. The first-order valence-corrected chi connectivity index (χ1v) is 6.88. The SMILES string of the molecule is CS(=O)(=O)NC1CCC12CCCC2. The van der Waals surface area contributed by atoms with Gasteiger partial charge in [-0.15, -0.1) is 0 Å². The van der Waals surface area contributed by atoms with Crippen LogP contribution in [0, 0.1) is 5.41 Å². The molecular formula is C9H17NO2S. The summed E-state index contributed by atoms with van der Waals surface area (Å²) in [7, 11) is -3.00. The average molecular weight is 203 g/mol. The van der Waals surface area contributed by atoms with E-state index in [1.54, 1.807) is 0 Å². The standard InChI is InChI=1S/C9H17NO2S/c1-13(11,12)10-8-4-7-9(8)5-2-3-6-9/h8,10H,2-7H2,1H3. The van der Waals surface area contributed by atoms with Gasteiger partial charge in [-0.3, -0.25) is 0 Å². The molecule has 2 rings (SSSR count). The molecule has 2 saturated carbocycles. The lowest BCUT2D eigenvalue weighted by Gasteiger charge is -2.47. The maximum Gasteiger partial charge on any atom is 0.208 e. The van der Waals surface area contributed by atoms with Crippen LogP contribution in [0.3, 0.4) is 0 Å². The summed E-state index contributed by atoms with van der Waals surface area (Å²) >= 11 is 0. The molecule has 0 amide bonds. The Hall–Kier alpha value is -0.0900. The van der Waals surface area contributed by atoms with Crippen LogP contribution in [0.15, 0.2) is 0 Å². The molecule has 0 radical (unpaired) electrons. The van der Waals surface area contributed by atoms with Crippen LogP contribution in [0.5, 0.6) is 0 Å². The molecule has 0 aromatic carbocycles. The first-order chi connectivity index (χ1) is 6.02. The fraction of sp³-hybridized carbons (Fsp3) is 1.00. The fourth-order valence-electron chi connectivity index (χ4n) is 2.82. The van der Waals surface area contributed by atoms with Gasteiger partial charge in [0.15, 0.2) is 0 Å². The van der Waals surface area contributed by atoms with Crippen LogP contribution in [0.4, 0.5) is 0 Å². The normalized spacial score (nSPS) is 31.9. The molecule has 1 spiro atoms. The van der Waals surface area contributed by atoms with Crippen LogP contribution < -0.4 is 4.72 Å². The summed E-state index contributed by atoms with van der Waals surface area (Å²) in [6.45, 7) is 0. The monoisotopic (exact) mass is 203 g/mol. The molecule has 1 N–H and O–H groups in total. The van der Waals surface area contributed by atoms with Gasteiger partial charge in [0.1, 0.15) is 0 Å². The molecule has 1 unspecified atom stereocenters. The summed E-state index contributed by atoms with van der Waals surface area (Å²) in [5, 5.41) is 0. The van der Waals surface area contributed by atoms with Crippen LogP contribution in [0.2, 0.25) is 0 Å². The van der Waals surface area contributed by atoms with Crippen molar-refractivity contribution in [3.8, 4) is 0 Å². The van der Waals surface area contributed by atoms with Crippen molar-refractivity contribution in [1.82, 2.24) is 4.72 Å². The van der Waals surface area contributed by atoms with Crippen LogP contribution in [0.1, 0.15) is 38.5 Å². The molecule has 4 heteroatoms. The van der Waals surface area contributed by atoms with Gasteiger partial charge in [0, 0.05) is 6.04 Å². The lowest BCUT2D eigenvalue weighted by Crippen LogP contribution is -2.53. The van der Waals surface area contributed by atoms with Crippen LogP contribution in [-0.2, 0) is 10.0 Å². The van der Waals surface area contributed by atoms with E-state index in [9.17, 15) is 8.42 Å². The van der Waals surface area contributed by atoms with Gasteiger partial charge in [-0.1, -0.05) is 12.8 Å². The zero-order chi connectivity index (χ0) is 9.53. The highest BCUT2D eigenvalue weighted by molar-refractivity contribution is 7.88. The third kappa shape index (κ3) is 1.74. The summed E-state index contributed by atoms with van der Waals surface area (Å²) in [4.78, 5) is 0. The van der Waals surface area contributed by atoms with Gasteiger partial charge >= 0.3 is 0 Å². The molecule has 13 heavy (non-hydrogen) atoms. The molecule has 0 bridgehead atoms. The van der Waals surface area contributed by atoms with E-state index in [1.807, 2.05) is 0 Å². The van der Waals surface area contributed by atoms with E-state index in [-0.39, 0.29) is 6.04 Å². The third-order valence-corrected chi connectivity index (χ3v) is 4.34. The van der Waals surface area contributed by atoms with Gasteiger partial charge in [-0.05, 0) is 31.1 Å². The Balaban J connectivity index is 2.02. The fourth-order valence-corrected chi connectivity index (χ4v) is 3.70. The van der Waals surface area contributed by atoms with E-state index in [4.69, 9.17) is 0 Å². The van der Waals surface area contributed by atoms with Crippen molar-refractivity contribution in [2.45, 2.75) is 44.6 Å². The second-order valence-corrected chi connectivity index (χ2v) is 6.33. The van der Waals surface area contributed by atoms with E-state index in [2.05, 4.69) is 4.72 Å². The van der Waals surface area contributed by atoms with Gasteiger partial charge in [0.2, 0.25) is 10.0 Å². The quantitative estimate of drug-likeness (QED) is 0.734. The van der Waals surface area contributed by atoms with Crippen molar-refractivity contribution < 1.29 is 8.42 Å². The average Bonchev–Trinajstić information content (AvgIpc) is 2.47. The number of hydrogen-bond donors (Lipinski definition) is 1. The first kappa shape index (κ1) is 9.46. The Morgan fingerprint density at radius 2 is 1.85 bits per heavy atom. The van der Waals surface area contributed by atoms with Crippen molar-refractivity contribution in [1.29, 1.82) is 0 Å². The minimum Gasteiger partial charge on any atom is -0.213 e. The summed E-state index contributed by atoms with van der Waals surface area (Å²) in [5.41, 5.74) is 0.350. The van der Waals surface area contributed by atoms with Crippen molar-refractivity contribution in [2.24, 2.45) is 5.41 Å². The van der Waals surface area contributed by atoms with Crippen molar-refractivity contribution in [2.75, 3.05) is 6.26 Å². The third-order valence-electron chi connectivity index (χ3n) is 3.63. The second-order valence-electron chi connectivity index (χ2n) is 4.55. The van der Waals surface area contributed by atoms with Crippen molar-refractivity contribution >= 4 is 10.0 Å². The summed E-state index contributed by atoms with van der Waals surface area (Å²) in [5.74, 6) is 0. The number of rotatable bonds is 2. The molecule has 0 aliphatic heterocycles. The predicted molar refractivity (Wildman–Crippen MR) is 51.9 cm³/mol. The molecule has 0 heterocycles. The largest absolute Gasteiger partial charge is 0.213 e. The van der Waals surface area contributed by atoms with E-state index >= 15 is 0 Å². The Labute approximate surface area is 80.0 Å². The van der Waals surface area contributed by atoms with E-state index in [1.165, 1.54) is 38.4 Å². The molecule has 0 aromatic heterocycles. The molecule has 76 valence electrons. The minimum absolute atomic E-state index is 0.241. The molecule has 2 aliphatic carbocycles. The van der Waals surface area contributed by atoms with Gasteiger partial charge < -0.3 is 0 Å². The zero-order valence-corrected chi connectivity index (χ0v) is 8.86. The maximum absolute atomic E-state index is 11.1. The number of sulfonamides is 1. The van der Waals surface area contributed by atoms with Crippen LogP contribution in [-0.4, -0.2) is 20.7 Å².